The Morgan fingerprint density at radius 3 is 2.45 bits per heavy atom. The number of aliphatic hydroxyl groups excluding tert-OH is 1. The minimum atomic E-state index is -1.93. The van der Waals surface area contributed by atoms with E-state index < -0.39 is 78.3 Å². The number of fused-ring (bicyclic) bond motifs is 3. The van der Waals surface area contributed by atoms with E-state index >= 15 is 0 Å². The van der Waals surface area contributed by atoms with Crippen LogP contribution in [0.2, 0.25) is 0 Å². The lowest BCUT2D eigenvalue weighted by atomic mass is 9.76. The number of alkyl halides is 1. The zero-order valence-corrected chi connectivity index (χ0v) is 19.1. The summed E-state index contributed by atoms with van der Waals surface area (Å²) in [5, 5.41) is 21.5. The van der Waals surface area contributed by atoms with Gasteiger partial charge in [-0.3, -0.25) is 9.59 Å². The summed E-state index contributed by atoms with van der Waals surface area (Å²) in [4.78, 5) is 48.0. The summed E-state index contributed by atoms with van der Waals surface area (Å²) in [7, 11) is 0. The number of rotatable bonds is 6. The summed E-state index contributed by atoms with van der Waals surface area (Å²) in [6, 6.07) is 0. The van der Waals surface area contributed by atoms with Crippen molar-refractivity contribution in [1.29, 1.82) is 0 Å². The van der Waals surface area contributed by atoms with Crippen LogP contribution < -0.4 is 0 Å². The monoisotopic (exact) mass is 486 g/mol. The molecule has 1 saturated heterocycles. The first-order chi connectivity index (χ1) is 15.4. The molecular formula is C22H27ClO10. The van der Waals surface area contributed by atoms with E-state index in [0.717, 1.165) is 6.92 Å². The molecule has 1 aliphatic heterocycles. The highest BCUT2D eigenvalue weighted by molar-refractivity contribution is 6.19. The van der Waals surface area contributed by atoms with Gasteiger partial charge in [0.25, 0.3) is 0 Å². The molecule has 3 fully saturated rings. The fraction of sp³-hybridized carbons (Fsp3) is 0.636. The van der Waals surface area contributed by atoms with Gasteiger partial charge < -0.3 is 29.2 Å². The molecule has 0 radical (unpaired) electrons. The van der Waals surface area contributed by atoms with Gasteiger partial charge in [0.1, 0.15) is 23.9 Å². The second-order valence-electron chi connectivity index (χ2n) is 8.63. The zero-order valence-electron chi connectivity index (χ0n) is 18.3. The van der Waals surface area contributed by atoms with Crippen LogP contribution >= 0.6 is 11.6 Å². The van der Waals surface area contributed by atoms with E-state index in [0.29, 0.717) is 5.57 Å². The second-order valence-corrected chi connectivity index (χ2v) is 8.94. The third-order valence-electron chi connectivity index (χ3n) is 6.58. The quantitative estimate of drug-likeness (QED) is 0.178. The lowest BCUT2D eigenvalue weighted by Crippen LogP contribution is -2.54. The number of halogens is 1. The van der Waals surface area contributed by atoms with Gasteiger partial charge in [0.05, 0.1) is 18.4 Å². The van der Waals surface area contributed by atoms with Gasteiger partial charge in [-0.15, -0.1) is 11.6 Å². The fourth-order valence-corrected chi connectivity index (χ4v) is 5.38. The Hall–Kier alpha value is -2.43. The van der Waals surface area contributed by atoms with Crippen LogP contribution in [0.25, 0.3) is 0 Å². The standard InChI is InChI=1S/C22H27ClO10/c1-9-5-14(32-21(28)15(7-23)30-11(3)25)17-10(2)20(27)33-19(17)18-13(9)6-16(31-12(4)26)22(18,29)8-24/h13-19,24,29H,1-2,5-8H2,3-4H3/t13-,14+,15+,16+,17-,18+,19+,22+/m1/s1. The molecule has 0 bridgehead atoms. The molecule has 0 amide bonds. The molecule has 2 aliphatic carbocycles. The molecule has 2 N–H and O–H groups in total. The van der Waals surface area contributed by atoms with Gasteiger partial charge in [-0.2, -0.15) is 0 Å². The van der Waals surface area contributed by atoms with Crippen LogP contribution in [0, 0.1) is 17.8 Å². The third kappa shape index (κ3) is 4.51. The molecule has 3 rings (SSSR count). The molecule has 0 aromatic heterocycles. The molecule has 0 spiro atoms. The Morgan fingerprint density at radius 1 is 1.24 bits per heavy atom. The summed E-state index contributed by atoms with van der Waals surface area (Å²) < 4.78 is 21.3. The summed E-state index contributed by atoms with van der Waals surface area (Å²) in [5.74, 6) is -5.63. The summed E-state index contributed by atoms with van der Waals surface area (Å²) in [6.07, 6.45) is -4.21. The predicted octanol–water partition coefficient (Wildman–Crippen LogP) is 0.418. The van der Waals surface area contributed by atoms with Crippen LogP contribution in [0.5, 0.6) is 0 Å². The first-order valence-electron chi connectivity index (χ1n) is 10.5. The van der Waals surface area contributed by atoms with Crippen molar-refractivity contribution in [3.05, 3.63) is 24.3 Å². The average molecular weight is 487 g/mol. The number of carbonyl (C=O) groups is 4. The molecule has 0 aromatic carbocycles. The van der Waals surface area contributed by atoms with Crippen LogP contribution in [0.15, 0.2) is 24.3 Å². The van der Waals surface area contributed by atoms with E-state index in [1.165, 1.54) is 6.92 Å². The van der Waals surface area contributed by atoms with Crippen LogP contribution in [-0.2, 0) is 38.1 Å². The van der Waals surface area contributed by atoms with E-state index in [2.05, 4.69) is 13.2 Å². The number of hydrogen-bond donors (Lipinski definition) is 2. The minimum Gasteiger partial charge on any atom is -0.459 e. The third-order valence-corrected chi connectivity index (χ3v) is 6.86. The van der Waals surface area contributed by atoms with Crippen molar-refractivity contribution in [2.75, 3.05) is 12.5 Å². The van der Waals surface area contributed by atoms with Crippen LogP contribution in [0.4, 0.5) is 0 Å². The first-order valence-corrected chi connectivity index (χ1v) is 11.0. The van der Waals surface area contributed by atoms with Gasteiger partial charge in [-0.1, -0.05) is 18.7 Å². The van der Waals surface area contributed by atoms with E-state index in [1.807, 2.05) is 0 Å². The van der Waals surface area contributed by atoms with Crippen LogP contribution in [0.1, 0.15) is 26.7 Å². The highest BCUT2D eigenvalue weighted by Gasteiger charge is 2.65. The fourth-order valence-electron chi connectivity index (χ4n) is 5.20. The summed E-state index contributed by atoms with van der Waals surface area (Å²) in [5.41, 5.74) is -1.35. The maximum absolute atomic E-state index is 12.7. The zero-order chi connectivity index (χ0) is 24.7. The molecule has 33 heavy (non-hydrogen) atoms. The number of esters is 4. The van der Waals surface area contributed by atoms with Crippen molar-refractivity contribution in [1.82, 2.24) is 0 Å². The number of carbonyl (C=O) groups excluding carboxylic acids is 4. The largest absolute Gasteiger partial charge is 0.459 e. The molecule has 0 aromatic rings. The SMILES string of the molecule is C=C1C(=O)O[C@H]2[C@H]1[C@@H](OC(=O)[C@H](CCl)OC(C)=O)CC(=C)[C@H]1C[C@H](OC(C)=O)[C@@](O)(CO)[C@H]21. The Balaban J connectivity index is 1.97. The molecule has 10 nitrogen and oxygen atoms in total. The van der Waals surface area contributed by atoms with Gasteiger partial charge in [-0.05, 0) is 12.3 Å². The van der Waals surface area contributed by atoms with Crippen LogP contribution in [0.3, 0.4) is 0 Å². The molecule has 2 saturated carbocycles. The van der Waals surface area contributed by atoms with Gasteiger partial charge in [0.15, 0.2) is 0 Å². The molecule has 8 atom stereocenters. The predicted molar refractivity (Wildman–Crippen MR) is 112 cm³/mol. The van der Waals surface area contributed by atoms with Gasteiger partial charge in [0.2, 0.25) is 6.10 Å². The second kappa shape index (κ2) is 9.44. The molecule has 1 heterocycles. The van der Waals surface area contributed by atoms with Gasteiger partial charge in [-0.25, -0.2) is 9.59 Å². The smallest absolute Gasteiger partial charge is 0.349 e. The summed E-state index contributed by atoms with van der Waals surface area (Å²) >= 11 is 5.75. The van der Waals surface area contributed by atoms with Crippen molar-refractivity contribution in [3.63, 3.8) is 0 Å². The number of ether oxygens (including phenoxy) is 4. The highest BCUT2D eigenvalue weighted by atomic mass is 35.5. The molecule has 3 aliphatic rings. The molecule has 182 valence electrons. The summed E-state index contributed by atoms with van der Waals surface area (Å²) in [6.45, 7) is 9.39. The van der Waals surface area contributed by atoms with E-state index in [1.54, 1.807) is 0 Å². The van der Waals surface area contributed by atoms with E-state index in [9.17, 15) is 29.4 Å². The normalized spacial score (nSPS) is 36.2. The molecule has 11 heteroatoms. The Kier molecular flexibility index (Phi) is 7.21. The Bertz CT molecular complexity index is 884. The van der Waals surface area contributed by atoms with Crippen LogP contribution in [-0.4, -0.2) is 76.6 Å². The Labute approximate surface area is 195 Å². The van der Waals surface area contributed by atoms with Crippen molar-refractivity contribution in [3.8, 4) is 0 Å². The first kappa shape index (κ1) is 25.2. The number of hydrogen-bond acceptors (Lipinski definition) is 10. The Morgan fingerprint density at radius 2 is 1.91 bits per heavy atom. The highest BCUT2D eigenvalue weighted by Crippen LogP contribution is 2.55. The maximum atomic E-state index is 12.7. The van der Waals surface area contributed by atoms with Gasteiger partial charge >= 0.3 is 23.9 Å². The lowest BCUT2D eigenvalue weighted by Gasteiger charge is -2.37. The van der Waals surface area contributed by atoms with E-state index in [-0.39, 0.29) is 24.3 Å². The van der Waals surface area contributed by atoms with Crippen molar-refractivity contribution >= 4 is 35.5 Å². The minimum absolute atomic E-state index is 0.0254. The number of aliphatic hydroxyl groups is 2. The van der Waals surface area contributed by atoms with Crippen molar-refractivity contribution in [2.45, 2.75) is 56.7 Å². The molecular weight excluding hydrogens is 460 g/mol. The lowest BCUT2D eigenvalue weighted by molar-refractivity contribution is -0.183. The van der Waals surface area contributed by atoms with Gasteiger partial charge in [0, 0.05) is 31.8 Å². The molecule has 0 unspecified atom stereocenters. The van der Waals surface area contributed by atoms with Crippen molar-refractivity contribution < 1.29 is 48.3 Å². The van der Waals surface area contributed by atoms with Crippen molar-refractivity contribution in [2.24, 2.45) is 17.8 Å². The van der Waals surface area contributed by atoms with E-state index in [4.69, 9.17) is 30.5 Å². The average Bonchev–Trinajstić information content (AvgIpc) is 3.14. The topological polar surface area (TPSA) is 146 Å². The maximum Gasteiger partial charge on any atom is 0.349 e.